The van der Waals surface area contributed by atoms with Crippen molar-refractivity contribution in [2.24, 2.45) is 5.73 Å². The number of carboxylic acids is 1. The Labute approximate surface area is 97.8 Å². The van der Waals surface area contributed by atoms with Crippen molar-refractivity contribution in [1.82, 2.24) is 0 Å². The summed E-state index contributed by atoms with van der Waals surface area (Å²) in [7, 11) is 0. The van der Waals surface area contributed by atoms with Crippen LogP contribution in [0.3, 0.4) is 0 Å². The van der Waals surface area contributed by atoms with Crippen LogP contribution in [-0.2, 0) is 4.79 Å². The number of benzene rings is 1. The third kappa shape index (κ3) is 2.98. The molecule has 0 aliphatic rings. The third-order valence-corrected chi connectivity index (χ3v) is 2.34. The Kier molecular flexibility index (Phi) is 3.92. The van der Waals surface area contributed by atoms with E-state index in [1.54, 1.807) is 6.07 Å². The van der Waals surface area contributed by atoms with Crippen molar-refractivity contribution in [3.63, 3.8) is 0 Å². The predicted molar refractivity (Wildman–Crippen MR) is 62.7 cm³/mol. The lowest BCUT2D eigenvalue weighted by molar-refractivity contribution is -0.138. The zero-order valence-corrected chi connectivity index (χ0v) is 9.28. The summed E-state index contributed by atoms with van der Waals surface area (Å²) in [4.78, 5) is 22.8. The second-order valence-corrected chi connectivity index (χ2v) is 3.86. The predicted octanol–water partition coefficient (Wildman–Crippen LogP) is 0.542. The number of anilines is 1. The van der Waals surface area contributed by atoms with E-state index in [1.165, 1.54) is 12.1 Å². The molecular weight excluding hydrogens is 228 g/mol. The van der Waals surface area contributed by atoms with Crippen LogP contribution in [0.5, 0.6) is 0 Å². The molecule has 0 aliphatic carbocycles. The van der Waals surface area contributed by atoms with E-state index in [9.17, 15) is 9.59 Å². The Bertz CT molecular complexity index is 434. The van der Waals surface area contributed by atoms with E-state index in [2.05, 4.69) is 12.6 Å². The summed E-state index contributed by atoms with van der Waals surface area (Å²) in [6, 6.07) is 3.44. The Morgan fingerprint density at radius 2 is 2.06 bits per heavy atom. The lowest BCUT2D eigenvalue weighted by Crippen LogP contribution is -2.32. The van der Waals surface area contributed by atoms with Crippen molar-refractivity contribution in [2.75, 3.05) is 5.73 Å². The molecule has 0 bridgehead atoms. The number of rotatable bonds is 4. The maximum Gasteiger partial charge on any atom is 0.320 e. The van der Waals surface area contributed by atoms with Gasteiger partial charge in [0.15, 0.2) is 5.78 Å². The lowest BCUT2D eigenvalue weighted by atomic mass is 10.0. The number of thiol groups is 1. The minimum absolute atomic E-state index is 0.272. The highest BCUT2D eigenvalue weighted by molar-refractivity contribution is 7.80. The molecule has 0 saturated heterocycles. The van der Waals surface area contributed by atoms with Crippen molar-refractivity contribution in [3.8, 4) is 0 Å². The van der Waals surface area contributed by atoms with Gasteiger partial charge in [0.25, 0.3) is 0 Å². The average Bonchev–Trinajstić information content (AvgIpc) is 2.16. The van der Waals surface area contributed by atoms with Crippen LogP contribution in [-0.4, -0.2) is 22.9 Å². The molecule has 0 aromatic heterocycles. The van der Waals surface area contributed by atoms with Gasteiger partial charge in [0, 0.05) is 22.6 Å². The summed E-state index contributed by atoms with van der Waals surface area (Å²) in [6.45, 7) is 0. The minimum Gasteiger partial charge on any atom is -0.480 e. The molecule has 0 heterocycles. The standard InChI is InChI=1S/C10H12N2O3S/c11-7-3-5(16)1-2-6(7)9(13)4-8(12)10(14)15/h1-3,8,16H,4,11-12H2,(H,14,15)/t8-/m0/s1. The van der Waals surface area contributed by atoms with E-state index in [1.807, 2.05) is 0 Å². The number of ketones is 1. The molecule has 5 nitrogen and oxygen atoms in total. The van der Waals surface area contributed by atoms with Crippen molar-refractivity contribution in [1.29, 1.82) is 0 Å². The molecule has 0 radical (unpaired) electrons. The fraction of sp³-hybridized carbons (Fsp3) is 0.200. The number of carboxylic acid groups (broad SMARTS) is 1. The molecule has 5 N–H and O–H groups in total. The molecule has 0 amide bonds. The second kappa shape index (κ2) is 5.00. The average molecular weight is 240 g/mol. The van der Waals surface area contributed by atoms with Crippen LogP contribution in [0, 0.1) is 0 Å². The second-order valence-electron chi connectivity index (χ2n) is 3.34. The zero-order chi connectivity index (χ0) is 12.3. The Morgan fingerprint density at radius 3 is 2.56 bits per heavy atom. The van der Waals surface area contributed by atoms with Crippen molar-refractivity contribution >= 4 is 30.1 Å². The van der Waals surface area contributed by atoms with Gasteiger partial charge < -0.3 is 16.6 Å². The maximum absolute atomic E-state index is 11.6. The van der Waals surface area contributed by atoms with E-state index in [0.717, 1.165) is 0 Å². The van der Waals surface area contributed by atoms with E-state index in [4.69, 9.17) is 16.6 Å². The smallest absolute Gasteiger partial charge is 0.320 e. The summed E-state index contributed by atoms with van der Waals surface area (Å²) >= 11 is 4.06. The first-order chi connectivity index (χ1) is 7.41. The van der Waals surface area contributed by atoms with Gasteiger partial charge in [0.2, 0.25) is 0 Å². The van der Waals surface area contributed by atoms with Gasteiger partial charge >= 0.3 is 5.97 Å². The quantitative estimate of drug-likeness (QED) is 0.349. The molecule has 86 valence electrons. The Hall–Kier alpha value is -1.53. The van der Waals surface area contributed by atoms with Gasteiger partial charge in [-0.25, -0.2) is 0 Å². The van der Waals surface area contributed by atoms with Gasteiger partial charge in [-0.05, 0) is 18.2 Å². The lowest BCUT2D eigenvalue weighted by Gasteiger charge is -2.08. The van der Waals surface area contributed by atoms with E-state index in [-0.39, 0.29) is 23.5 Å². The summed E-state index contributed by atoms with van der Waals surface area (Å²) in [6.07, 6.45) is -0.272. The monoisotopic (exact) mass is 240 g/mol. The number of nitrogen functional groups attached to an aromatic ring is 1. The van der Waals surface area contributed by atoms with Gasteiger partial charge in [-0.2, -0.15) is 0 Å². The van der Waals surface area contributed by atoms with Crippen LogP contribution in [0.4, 0.5) is 5.69 Å². The summed E-state index contributed by atoms with van der Waals surface area (Å²) in [5, 5.41) is 8.57. The van der Waals surface area contributed by atoms with Crippen LogP contribution in [0.15, 0.2) is 23.1 Å². The van der Waals surface area contributed by atoms with Crippen LogP contribution in [0.1, 0.15) is 16.8 Å². The fourth-order valence-electron chi connectivity index (χ4n) is 1.20. The highest BCUT2D eigenvalue weighted by atomic mass is 32.1. The van der Waals surface area contributed by atoms with Gasteiger partial charge in [-0.1, -0.05) is 0 Å². The van der Waals surface area contributed by atoms with Crippen molar-refractivity contribution in [2.45, 2.75) is 17.4 Å². The van der Waals surface area contributed by atoms with E-state index < -0.39 is 12.0 Å². The van der Waals surface area contributed by atoms with Crippen molar-refractivity contribution < 1.29 is 14.7 Å². The number of hydrogen-bond donors (Lipinski definition) is 4. The molecule has 1 atom stereocenters. The molecular formula is C10H12N2O3S. The Morgan fingerprint density at radius 1 is 1.44 bits per heavy atom. The summed E-state index contributed by atoms with van der Waals surface area (Å²) in [5.74, 6) is -1.60. The van der Waals surface area contributed by atoms with Gasteiger partial charge in [-0.15, -0.1) is 12.6 Å². The molecule has 1 aromatic carbocycles. The number of hydrogen-bond acceptors (Lipinski definition) is 5. The van der Waals surface area contributed by atoms with E-state index >= 15 is 0 Å². The first kappa shape index (κ1) is 12.5. The first-order valence-corrected chi connectivity index (χ1v) is 4.96. The highest BCUT2D eigenvalue weighted by Gasteiger charge is 2.18. The van der Waals surface area contributed by atoms with Gasteiger partial charge in [0.1, 0.15) is 6.04 Å². The van der Waals surface area contributed by atoms with Gasteiger partial charge in [0.05, 0.1) is 0 Å². The molecule has 0 aliphatic heterocycles. The Balaban J connectivity index is 2.85. The molecule has 0 unspecified atom stereocenters. The molecule has 0 fully saturated rings. The van der Waals surface area contributed by atoms with Gasteiger partial charge in [-0.3, -0.25) is 9.59 Å². The van der Waals surface area contributed by atoms with Crippen LogP contribution in [0.2, 0.25) is 0 Å². The highest BCUT2D eigenvalue weighted by Crippen LogP contribution is 2.18. The topological polar surface area (TPSA) is 106 Å². The molecule has 0 spiro atoms. The fourth-order valence-corrected chi connectivity index (χ4v) is 1.41. The molecule has 16 heavy (non-hydrogen) atoms. The molecule has 1 rings (SSSR count). The number of nitrogens with two attached hydrogens (primary N) is 2. The number of carbonyl (C=O) groups excluding carboxylic acids is 1. The number of aliphatic carboxylic acids is 1. The third-order valence-electron chi connectivity index (χ3n) is 2.06. The van der Waals surface area contributed by atoms with Crippen molar-refractivity contribution in [3.05, 3.63) is 23.8 Å². The largest absolute Gasteiger partial charge is 0.480 e. The number of Topliss-reactive ketones (excluding diaryl/α,β-unsaturated/α-hetero) is 1. The minimum atomic E-state index is -1.21. The van der Waals surface area contributed by atoms with E-state index in [0.29, 0.717) is 4.90 Å². The van der Waals surface area contributed by atoms with Crippen LogP contribution >= 0.6 is 12.6 Å². The normalized spacial score (nSPS) is 12.1. The van der Waals surface area contributed by atoms with Crippen LogP contribution < -0.4 is 11.5 Å². The molecule has 6 heteroatoms. The van der Waals surface area contributed by atoms with Crippen LogP contribution in [0.25, 0.3) is 0 Å². The molecule has 1 aromatic rings. The zero-order valence-electron chi connectivity index (χ0n) is 8.38. The summed E-state index contributed by atoms with van der Waals surface area (Å²) in [5.41, 5.74) is 11.4. The number of carbonyl (C=O) groups is 2. The SMILES string of the molecule is Nc1cc(S)ccc1C(=O)C[C@H](N)C(=O)O. The molecule has 0 saturated carbocycles. The first-order valence-electron chi connectivity index (χ1n) is 4.52. The summed E-state index contributed by atoms with van der Waals surface area (Å²) < 4.78 is 0. The maximum atomic E-state index is 11.6.